The van der Waals surface area contributed by atoms with Crippen LogP contribution in [0.25, 0.3) is 11.0 Å². The molecule has 1 N–H and O–H groups in total. The Morgan fingerprint density at radius 1 is 1.21 bits per heavy atom. The van der Waals surface area contributed by atoms with Crippen molar-refractivity contribution >= 4 is 29.3 Å². The highest BCUT2D eigenvalue weighted by Crippen LogP contribution is 2.36. The lowest BCUT2D eigenvalue weighted by Crippen LogP contribution is -2.49. The van der Waals surface area contributed by atoms with Crippen LogP contribution in [0.3, 0.4) is 0 Å². The average molecular weight is 509 g/mol. The van der Waals surface area contributed by atoms with Crippen molar-refractivity contribution in [2.75, 3.05) is 46.1 Å². The molecule has 0 bridgehead atoms. The van der Waals surface area contributed by atoms with E-state index in [-0.39, 0.29) is 40.9 Å². The third-order valence-corrected chi connectivity index (χ3v) is 6.41. The number of carbonyl (C=O) groups is 1. The second-order valence-electron chi connectivity index (χ2n) is 8.75. The maximum absolute atomic E-state index is 12.6. The summed E-state index contributed by atoms with van der Waals surface area (Å²) in [5, 5.41) is 13.9. The van der Waals surface area contributed by atoms with Gasteiger partial charge in [-0.05, 0) is 62.0 Å². The van der Waals surface area contributed by atoms with Gasteiger partial charge in [-0.25, -0.2) is 0 Å². The van der Waals surface area contributed by atoms with Crippen LogP contribution in [0.5, 0.6) is 11.6 Å². The van der Waals surface area contributed by atoms with Gasteiger partial charge in [0, 0.05) is 19.8 Å². The fourth-order valence-corrected chi connectivity index (χ4v) is 4.45. The molecule has 0 unspecified atom stereocenters. The number of likely N-dealkylation sites (tertiary alicyclic amines) is 1. The SMILES string of the molecule is Cl.O=C(O)C1(CN2CCC(COc3noc4cccc(OCC(F)(F)F)c34)CC2)CCOCC1. The number of fused-ring (bicyclic) bond motifs is 1. The van der Waals surface area contributed by atoms with E-state index in [2.05, 4.69) is 10.1 Å². The number of piperidine rings is 1. The quantitative estimate of drug-likeness (QED) is 0.568. The molecule has 12 heteroatoms. The number of hydrogen-bond acceptors (Lipinski definition) is 7. The molecule has 0 atom stereocenters. The second-order valence-corrected chi connectivity index (χ2v) is 8.75. The number of aromatic nitrogens is 1. The second kappa shape index (κ2) is 11.0. The minimum Gasteiger partial charge on any atom is -0.483 e. The highest BCUT2D eigenvalue weighted by molar-refractivity contribution is 5.88. The number of aliphatic carboxylic acids is 1. The van der Waals surface area contributed by atoms with E-state index < -0.39 is 24.2 Å². The van der Waals surface area contributed by atoms with E-state index in [0.29, 0.717) is 39.2 Å². The number of hydrogen-bond donors (Lipinski definition) is 1. The minimum absolute atomic E-state index is 0. The van der Waals surface area contributed by atoms with Gasteiger partial charge in [-0.1, -0.05) is 6.07 Å². The summed E-state index contributed by atoms with van der Waals surface area (Å²) in [6, 6.07) is 4.54. The molecule has 2 fully saturated rings. The summed E-state index contributed by atoms with van der Waals surface area (Å²) in [7, 11) is 0. The molecular weight excluding hydrogens is 481 g/mol. The van der Waals surface area contributed by atoms with Crippen molar-refractivity contribution in [3.8, 4) is 11.6 Å². The first-order valence-corrected chi connectivity index (χ1v) is 11.0. The third-order valence-electron chi connectivity index (χ3n) is 6.41. The highest BCUT2D eigenvalue weighted by atomic mass is 35.5. The molecule has 0 amide bonds. The molecule has 190 valence electrons. The van der Waals surface area contributed by atoms with Gasteiger partial charge in [0.2, 0.25) is 0 Å². The first-order chi connectivity index (χ1) is 15.8. The van der Waals surface area contributed by atoms with E-state index in [1.807, 2.05) is 0 Å². The molecule has 2 aliphatic heterocycles. The van der Waals surface area contributed by atoms with Gasteiger partial charge in [-0.15, -0.1) is 12.4 Å². The summed E-state index contributed by atoms with van der Waals surface area (Å²) < 4.78 is 59.0. The van der Waals surface area contributed by atoms with Crippen LogP contribution in [0.2, 0.25) is 0 Å². The summed E-state index contributed by atoms with van der Waals surface area (Å²) in [6.07, 6.45) is -1.79. The lowest BCUT2D eigenvalue weighted by molar-refractivity contribution is -0.157. The summed E-state index contributed by atoms with van der Waals surface area (Å²) in [5.74, 6) is -0.437. The summed E-state index contributed by atoms with van der Waals surface area (Å²) in [5.41, 5.74) is -0.469. The zero-order chi connectivity index (χ0) is 23.5. The topological polar surface area (TPSA) is 94.3 Å². The Labute approximate surface area is 200 Å². The van der Waals surface area contributed by atoms with Gasteiger partial charge in [-0.2, -0.15) is 13.2 Å². The van der Waals surface area contributed by atoms with Gasteiger partial charge >= 0.3 is 12.1 Å². The number of carboxylic acids is 1. The normalized spacial score (nSPS) is 19.5. The molecule has 34 heavy (non-hydrogen) atoms. The third kappa shape index (κ3) is 6.25. The summed E-state index contributed by atoms with van der Waals surface area (Å²) >= 11 is 0. The number of alkyl halides is 3. The Bertz CT molecular complexity index is 956. The van der Waals surface area contributed by atoms with Gasteiger partial charge < -0.3 is 28.7 Å². The van der Waals surface area contributed by atoms with Gasteiger partial charge in [0.1, 0.15) is 11.1 Å². The summed E-state index contributed by atoms with van der Waals surface area (Å²) in [4.78, 5) is 14.1. The van der Waals surface area contributed by atoms with E-state index in [9.17, 15) is 23.1 Å². The van der Waals surface area contributed by atoms with Crippen LogP contribution in [-0.4, -0.2) is 73.4 Å². The molecule has 0 aliphatic carbocycles. The van der Waals surface area contributed by atoms with Crippen molar-refractivity contribution in [1.82, 2.24) is 10.1 Å². The van der Waals surface area contributed by atoms with E-state index in [0.717, 1.165) is 25.9 Å². The molecule has 8 nitrogen and oxygen atoms in total. The molecule has 2 saturated heterocycles. The van der Waals surface area contributed by atoms with Crippen LogP contribution in [0.15, 0.2) is 22.7 Å². The molecule has 1 aromatic heterocycles. The molecule has 2 aromatic rings. The van der Waals surface area contributed by atoms with Crippen molar-refractivity contribution in [3.05, 3.63) is 18.2 Å². The predicted molar refractivity (Wildman–Crippen MR) is 118 cm³/mol. The van der Waals surface area contributed by atoms with Crippen LogP contribution >= 0.6 is 12.4 Å². The lowest BCUT2D eigenvalue weighted by Gasteiger charge is -2.40. The van der Waals surface area contributed by atoms with Crippen molar-refractivity contribution in [2.24, 2.45) is 11.3 Å². The van der Waals surface area contributed by atoms with E-state index in [4.69, 9.17) is 18.7 Å². The van der Waals surface area contributed by atoms with Gasteiger partial charge in [-0.3, -0.25) is 4.79 Å². The Hall–Kier alpha value is -2.24. The molecule has 0 radical (unpaired) electrons. The number of carboxylic acid groups (broad SMARTS) is 1. The van der Waals surface area contributed by atoms with Crippen LogP contribution in [0.4, 0.5) is 13.2 Å². The van der Waals surface area contributed by atoms with Crippen LogP contribution in [0.1, 0.15) is 25.7 Å². The molecular formula is C22H28ClF3N2O6. The maximum atomic E-state index is 12.6. The number of benzene rings is 1. The first kappa shape index (κ1) is 26.4. The molecule has 3 heterocycles. The van der Waals surface area contributed by atoms with Crippen molar-refractivity contribution < 1.29 is 41.8 Å². The van der Waals surface area contributed by atoms with Gasteiger partial charge in [0.15, 0.2) is 12.2 Å². The molecule has 4 rings (SSSR count). The lowest BCUT2D eigenvalue weighted by atomic mass is 9.79. The smallest absolute Gasteiger partial charge is 0.422 e. The van der Waals surface area contributed by atoms with E-state index in [1.54, 1.807) is 6.07 Å². The fraction of sp³-hybridized carbons (Fsp3) is 0.636. The van der Waals surface area contributed by atoms with E-state index in [1.165, 1.54) is 12.1 Å². The minimum atomic E-state index is -4.46. The maximum Gasteiger partial charge on any atom is 0.422 e. The van der Waals surface area contributed by atoms with Crippen molar-refractivity contribution in [3.63, 3.8) is 0 Å². The van der Waals surface area contributed by atoms with Gasteiger partial charge in [0.05, 0.1) is 12.0 Å². The zero-order valence-electron chi connectivity index (χ0n) is 18.5. The fourth-order valence-electron chi connectivity index (χ4n) is 4.45. The largest absolute Gasteiger partial charge is 0.483 e. The highest BCUT2D eigenvalue weighted by Gasteiger charge is 2.42. The molecule has 2 aliphatic rings. The van der Waals surface area contributed by atoms with E-state index >= 15 is 0 Å². The average Bonchev–Trinajstić information content (AvgIpc) is 3.21. The van der Waals surface area contributed by atoms with Crippen LogP contribution < -0.4 is 9.47 Å². The van der Waals surface area contributed by atoms with Gasteiger partial charge in [0.25, 0.3) is 5.88 Å². The Balaban J connectivity index is 0.00000324. The Morgan fingerprint density at radius 3 is 2.56 bits per heavy atom. The Kier molecular flexibility index (Phi) is 8.53. The van der Waals surface area contributed by atoms with Crippen LogP contribution in [0, 0.1) is 11.3 Å². The summed E-state index contributed by atoms with van der Waals surface area (Å²) in [6.45, 7) is 1.87. The molecule has 0 spiro atoms. The number of halogens is 4. The first-order valence-electron chi connectivity index (χ1n) is 11.0. The molecule has 0 saturated carbocycles. The Morgan fingerprint density at radius 2 is 1.91 bits per heavy atom. The van der Waals surface area contributed by atoms with Crippen LogP contribution in [-0.2, 0) is 9.53 Å². The monoisotopic (exact) mass is 508 g/mol. The van der Waals surface area contributed by atoms with Crippen molar-refractivity contribution in [1.29, 1.82) is 0 Å². The standard InChI is InChI=1S/C22H27F3N2O6.ClH/c23-22(24,25)14-32-16-2-1-3-17-18(16)19(26-33-17)31-12-15-4-8-27(9-5-15)13-21(20(28)29)6-10-30-11-7-21;/h1-3,15H,4-14H2,(H,28,29);1H. The predicted octanol–water partition coefficient (Wildman–Crippen LogP) is 4.16. The number of ether oxygens (including phenoxy) is 3. The molecule has 1 aromatic carbocycles. The number of nitrogens with zero attached hydrogens (tertiary/aromatic N) is 2. The number of rotatable bonds is 8. The van der Waals surface area contributed by atoms with Crippen molar-refractivity contribution in [2.45, 2.75) is 31.9 Å². The zero-order valence-corrected chi connectivity index (χ0v) is 19.3.